The molecule has 0 aliphatic rings. The number of rotatable bonds is 3. The van der Waals surface area contributed by atoms with Crippen LogP contribution in [0.2, 0.25) is 0 Å². The van der Waals surface area contributed by atoms with E-state index in [0.717, 1.165) is 34.2 Å². The van der Waals surface area contributed by atoms with Crippen molar-refractivity contribution in [1.82, 2.24) is 15.0 Å². The van der Waals surface area contributed by atoms with Gasteiger partial charge in [-0.05, 0) is 13.8 Å². The summed E-state index contributed by atoms with van der Waals surface area (Å²) in [7, 11) is 0. The van der Waals surface area contributed by atoms with Crippen LogP contribution in [0.4, 0.5) is 5.82 Å². The summed E-state index contributed by atoms with van der Waals surface area (Å²) in [6, 6.07) is 0. The Balaban J connectivity index is 2.10. The van der Waals surface area contributed by atoms with Gasteiger partial charge in [0.05, 0.1) is 17.9 Å². The lowest BCUT2D eigenvalue weighted by molar-refractivity contribution is 0.994. The van der Waals surface area contributed by atoms with Crippen molar-refractivity contribution in [1.29, 1.82) is 0 Å². The van der Waals surface area contributed by atoms with Crippen molar-refractivity contribution < 1.29 is 0 Å². The molecule has 0 saturated carbocycles. The quantitative estimate of drug-likeness (QED) is 0.846. The fourth-order valence-electron chi connectivity index (χ4n) is 1.28. The number of hydrogen-bond acceptors (Lipinski definition) is 5. The maximum Gasteiger partial charge on any atom is 0.304 e. The molecule has 0 saturated heterocycles. The lowest BCUT2D eigenvalue weighted by Gasteiger charge is -2.06. The first-order valence-electron chi connectivity index (χ1n) is 4.86. The van der Waals surface area contributed by atoms with E-state index in [2.05, 4.69) is 20.3 Å². The Morgan fingerprint density at radius 1 is 1.50 bits per heavy atom. The van der Waals surface area contributed by atoms with Crippen molar-refractivity contribution in [3.63, 3.8) is 0 Å². The Morgan fingerprint density at radius 2 is 2.31 bits per heavy atom. The minimum Gasteiger partial charge on any atom is -0.363 e. The average Bonchev–Trinajstić information content (AvgIpc) is 2.66. The molecule has 84 valence electrons. The molecule has 2 N–H and O–H groups in total. The molecule has 2 aromatic rings. The second-order valence-electron chi connectivity index (χ2n) is 3.47. The highest BCUT2D eigenvalue weighted by Gasteiger charge is 2.02. The van der Waals surface area contributed by atoms with Gasteiger partial charge in [0.1, 0.15) is 5.82 Å². The number of aryl methyl sites for hydroxylation is 2. The van der Waals surface area contributed by atoms with Crippen LogP contribution in [0.25, 0.3) is 0 Å². The van der Waals surface area contributed by atoms with Crippen LogP contribution in [0, 0.1) is 13.8 Å². The molecule has 0 radical (unpaired) electrons. The van der Waals surface area contributed by atoms with Gasteiger partial charge in [-0.1, -0.05) is 11.3 Å². The zero-order valence-electron chi connectivity index (χ0n) is 9.07. The number of nitrogens with zero attached hydrogens (tertiary/aromatic N) is 2. The van der Waals surface area contributed by atoms with Gasteiger partial charge < -0.3 is 10.3 Å². The molecular weight excluding hydrogens is 224 g/mol. The molecule has 0 unspecified atom stereocenters. The summed E-state index contributed by atoms with van der Waals surface area (Å²) in [6.07, 6.45) is 1.73. The Labute approximate surface area is 96.6 Å². The van der Waals surface area contributed by atoms with Crippen LogP contribution in [0.5, 0.6) is 0 Å². The van der Waals surface area contributed by atoms with Gasteiger partial charge in [0.15, 0.2) is 0 Å². The molecule has 0 atom stereocenters. The Kier molecular flexibility index (Phi) is 3.00. The van der Waals surface area contributed by atoms with Crippen molar-refractivity contribution in [2.24, 2.45) is 0 Å². The first-order valence-corrected chi connectivity index (χ1v) is 5.74. The zero-order chi connectivity index (χ0) is 11.5. The third-order valence-electron chi connectivity index (χ3n) is 2.09. The van der Waals surface area contributed by atoms with Gasteiger partial charge in [-0.2, -0.15) is 0 Å². The largest absolute Gasteiger partial charge is 0.363 e. The van der Waals surface area contributed by atoms with E-state index in [0.29, 0.717) is 6.54 Å². The van der Waals surface area contributed by atoms with Gasteiger partial charge in [0.25, 0.3) is 0 Å². The number of hydrogen-bond donors (Lipinski definition) is 2. The first kappa shape index (κ1) is 10.8. The zero-order valence-corrected chi connectivity index (χ0v) is 9.89. The molecule has 0 fully saturated rings. The fraction of sp³-hybridized carbons (Fsp3) is 0.300. The highest BCUT2D eigenvalue weighted by molar-refractivity contribution is 7.07. The fourth-order valence-corrected chi connectivity index (χ4v) is 1.87. The van der Waals surface area contributed by atoms with E-state index >= 15 is 0 Å². The standard InChI is InChI=1S/C10H12N4OS/c1-6-3-11-7(2)9(13-6)12-4-8-5-16-10(15)14-8/h3,5H,4H2,1-2H3,(H,12,13)(H,14,15). The maximum absolute atomic E-state index is 10.9. The predicted molar refractivity (Wildman–Crippen MR) is 63.8 cm³/mol. The lowest BCUT2D eigenvalue weighted by atomic mass is 10.4. The summed E-state index contributed by atoms with van der Waals surface area (Å²) in [5, 5.41) is 4.95. The normalized spacial score (nSPS) is 10.4. The van der Waals surface area contributed by atoms with Crippen molar-refractivity contribution in [3.05, 3.63) is 38.3 Å². The van der Waals surface area contributed by atoms with E-state index in [1.54, 1.807) is 11.6 Å². The van der Waals surface area contributed by atoms with Crippen molar-refractivity contribution in [2.45, 2.75) is 20.4 Å². The van der Waals surface area contributed by atoms with Crippen molar-refractivity contribution in [3.8, 4) is 0 Å². The van der Waals surface area contributed by atoms with Gasteiger partial charge >= 0.3 is 4.87 Å². The summed E-state index contributed by atoms with van der Waals surface area (Å²) in [5.41, 5.74) is 2.58. The highest BCUT2D eigenvalue weighted by Crippen LogP contribution is 2.09. The summed E-state index contributed by atoms with van der Waals surface area (Å²) in [5.74, 6) is 0.757. The summed E-state index contributed by atoms with van der Waals surface area (Å²) < 4.78 is 0. The number of H-pyrrole nitrogens is 1. The van der Waals surface area contributed by atoms with Gasteiger partial charge in [0.2, 0.25) is 0 Å². The molecule has 0 aromatic carbocycles. The summed E-state index contributed by atoms with van der Waals surface area (Å²) in [4.78, 5) is 22.2. The number of anilines is 1. The maximum atomic E-state index is 10.9. The number of aromatic amines is 1. The summed E-state index contributed by atoms with van der Waals surface area (Å²) in [6.45, 7) is 4.34. The third kappa shape index (κ3) is 2.46. The van der Waals surface area contributed by atoms with Crippen molar-refractivity contribution >= 4 is 17.2 Å². The highest BCUT2D eigenvalue weighted by atomic mass is 32.1. The smallest absolute Gasteiger partial charge is 0.304 e. The molecular formula is C10H12N4OS. The molecule has 0 spiro atoms. The van der Waals surface area contributed by atoms with Gasteiger partial charge in [0, 0.05) is 17.3 Å². The van der Waals surface area contributed by atoms with Gasteiger partial charge in [-0.15, -0.1) is 0 Å². The predicted octanol–water partition coefficient (Wildman–Crippen LogP) is 1.46. The Hall–Kier alpha value is -1.69. The SMILES string of the molecule is Cc1cnc(C)c(NCc2csc(=O)[nH]2)n1. The molecule has 0 aliphatic carbocycles. The van der Waals surface area contributed by atoms with E-state index in [9.17, 15) is 4.79 Å². The molecule has 0 aliphatic heterocycles. The van der Waals surface area contributed by atoms with Crippen LogP contribution in [-0.4, -0.2) is 15.0 Å². The van der Waals surface area contributed by atoms with Crippen molar-refractivity contribution in [2.75, 3.05) is 5.32 Å². The van der Waals surface area contributed by atoms with Crippen LogP contribution in [0.1, 0.15) is 17.1 Å². The Bertz CT molecular complexity index is 546. The number of aromatic nitrogens is 3. The Morgan fingerprint density at radius 3 is 3.00 bits per heavy atom. The molecule has 2 heterocycles. The van der Waals surface area contributed by atoms with E-state index in [-0.39, 0.29) is 4.87 Å². The molecule has 0 bridgehead atoms. The van der Waals surface area contributed by atoms with Gasteiger partial charge in [-0.3, -0.25) is 9.78 Å². The molecule has 2 aromatic heterocycles. The molecule has 2 rings (SSSR count). The molecule has 6 heteroatoms. The summed E-state index contributed by atoms with van der Waals surface area (Å²) >= 11 is 1.16. The van der Waals surface area contributed by atoms with Crippen LogP contribution in [0.3, 0.4) is 0 Å². The molecule has 16 heavy (non-hydrogen) atoms. The van der Waals surface area contributed by atoms with E-state index in [1.807, 2.05) is 13.8 Å². The third-order valence-corrected chi connectivity index (χ3v) is 2.81. The van der Waals surface area contributed by atoms with E-state index in [1.165, 1.54) is 0 Å². The van der Waals surface area contributed by atoms with Crippen LogP contribution in [-0.2, 0) is 6.54 Å². The van der Waals surface area contributed by atoms with Crippen LogP contribution < -0.4 is 10.2 Å². The monoisotopic (exact) mass is 236 g/mol. The van der Waals surface area contributed by atoms with Gasteiger partial charge in [-0.25, -0.2) is 4.98 Å². The van der Waals surface area contributed by atoms with Crippen LogP contribution >= 0.6 is 11.3 Å². The second-order valence-corrected chi connectivity index (χ2v) is 4.31. The topological polar surface area (TPSA) is 70.7 Å². The number of thiazole rings is 1. The molecule has 0 amide bonds. The molecule has 5 nitrogen and oxygen atoms in total. The second kappa shape index (κ2) is 4.44. The minimum atomic E-state index is -0.0381. The van der Waals surface area contributed by atoms with E-state index < -0.39 is 0 Å². The lowest BCUT2D eigenvalue weighted by Crippen LogP contribution is -2.06. The first-order chi connectivity index (χ1) is 7.65. The average molecular weight is 236 g/mol. The van der Waals surface area contributed by atoms with Crippen LogP contribution in [0.15, 0.2) is 16.4 Å². The number of nitrogens with one attached hydrogen (secondary N) is 2. The minimum absolute atomic E-state index is 0.0381. The van der Waals surface area contributed by atoms with E-state index in [4.69, 9.17) is 0 Å².